The van der Waals surface area contributed by atoms with Gasteiger partial charge in [-0.3, -0.25) is 0 Å². The summed E-state index contributed by atoms with van der Waals surface area (Å²) in [5, 5.41) is 0. The van der Waals surface area contributed by atoms with Gasteiger partial charge in [-0.05, 0) is 32.9 Å². The van der Waals surface area contributed by atoms with E-state index in [9.17, 15) is 0 Å². The van der Waals surface area contributed by atoms with E-state index in [0.29, 0.717) is 0 Å². The predicted octanol–water partition coefficient (Wildman–Crippen LogP) is 4.57. The first-order valence-corrected chi connectivity index (χ1v) is 7.67. The lowest BCUT2D eigenvalue weighted by Gasteiger charge is -2.45. The van der Waals surface area contributed by atoms with Crippen LogP contribution in [0, 0.1) is 10.8 Å². The molecule has 21 heavy (non-hydrogen) atoms. The second kappa shape index (κ2) is 3.89. The lowest BCUT2D eigenvalue weighted by Crippen LogP contribution is -2.47. The van der Waals surface area contributed by atoms with Gasteiger partial charge < -0.3 is 9.30 Å². The average Bonchev–Trinajstić information content (AvgIpc) is 2.84. The summed E-state index contributed by atoms with van der Waals surface area (Å²) in [5.74, 6) is 0. The minimum atomic E-state index is -0.434. The second-order valence-corrected chi connectivity index (χ2v) is 7.95. The number of ether oxygens (including phenoxy) is 1. The zero-order valence-electron chi connectivity index (χ0n) is 14.2. The van der Waals surface area contributed by atoms with Gasteiger partial charge in [0.2, 0.25) is 0 Å². The third kappa shape index (κ3) is 1.56. The molecule has 1 atom stereocenters. The van der Waals surface area contributed by atoms with Crippen LogP contribution in [0.1, 0.15) is 48.5 Å². The molecule has 1 aliphatic rings. The maximum atomic E-state index is 6.64. The molecule has 1 aliphatic heterocycles. The maximum Gasteiger partial charge on any atom is 0.149 e. The number of hydrogen-bond acceptors (Lipinski definition) is 2. The number of hydrogen-bond donors (Lipinski definition) is 0. The third-order valence-electron chi connectivity index (χ3n) is 6.59. The number of imidazole rings is 1. The van der Waals surface area contributed by atoms with Gasteiger partial charge in [0.1, 0.15) is 5.72 Å². The fourth-order valence-corrected chi connectivity index (χ4v) is 3.73. The van der Waals surface area contributed by atoms with E-state index in [1.165, 1.54) is 0 Å². The topological polar surface area (TPSA) is 27.1 Å². The summed E-state index contributed by atoms with van der Waals surface area (Å²) in [6.07, 6.45) is 1.92. The fourth-order valence-electron chi connectivity index (χ4n) is 3.73. The SMILES string of the molecule is CC1(C)OC(C)(n2cnc3ccccc32)C(C)(C)C1(C)C. The highest BCUT2D eigenvalue weighted by molar-refractivity contribution is 5.75. The molecule has 1 unspecified atom stereocenters. The zero-order chi connectivity index (χ0) is 15.7. The Morgan fingerprint density at radius 2 is 1.52 bits per heavy atom. The molecule has 2 aromatic rings. The fraction of sp³-hybridized carbons (Fsp3) is 0.611. The number of fused-ring (bicyclic) bond motifs is 1. The summed E-state index contributed by atoms with van der Waals surface area (Å²) in [4.78, 5) is 4.55. The molecule has 3 rings (SSSR count). The van der Waals surface area contributed by atoms with Crippen LogP contribution in [0.5, 0.6) is 0 Å². The Morgan fingerprint density at radius 1 is 0.905 bits per heavy atom. The Morgan fingerprint density at radius 3 is 2.10 bits per heavy atom. The van der Waals surface area contributed by atoms with Gasteiger partial charge in [0.05, 0.1) is 23.0 Å². The minimum absolute atomic E-state index is 0.0279. The van der Waals surface area contributed by atoms with Crippen LogP contribution in [0.4, 0.5) is 0 Å². The van der Waals surface area contributed by atoms with Crippen molar-refractivity contribution in [3.63, 3.8) is 0 Å². The number of rotatable bonds is 1. The molecular weight excluding hydrogens is 260 g/mol. The van der Waals surface area contributed by atoms with Crippen molar-refractivity contribution in [3.8, 4) is 0 Å². The van der Waals surface area contributed by atoms with Crippen molar-refractivity contribution in [1.29, 1.82) is 0 Å². The van der Waals surface area contributed by atoms with E-state index in [2.05, 4.69) is 70.1 Å². The maximum absolute atomic E-state index is 6.64. The number of benzene rings is 1. The molecule has 1 aromatic carbocycles. The Bertz CT molecular complexity index is 696. The summed E-state index contributed by atoms with van der Waals surface area (Å²) in [5.41, 5.74) is 1.47. The molecule has 0 bridgehead atoms. The van der Waals surface area contributed by atoms with Crippen LogP contribution in [0.15, 0.2) is 30.6 Å². The molecule has 0 N–H and O–H groups in total. The molecule has 0 spiro atoms. The third-order valence-corrected chi connectivity index (χ3v) is 6.59. The quantitative estimate of drug-likeness (QED) is 0.768. The molecule has 0 aliphatic carbocycles. The molecule has 3 nitrogen and oxygen atoms in total. The first-order valence-electron chi connectivity index (χ1n) is 7.67. The van der Waals surface area contributed by atoms with Crippen molar-refractivity contribution in [3.05, 3.63) is 30.6 Å². The van der Waals surface area contributed by atoms with Crippen molar-refractivity contribution in [2.75, 3.05) is 0 Å². The average molecular weight is 286 g/mol. The molecule has 0 amide bonds. The lowest BCUT2D eigenvalue weighted by molar-refractivity contribution is -0.153. The van der Waals surface area contributed by atoms with Crippen molar-refractivity contribution in [2.24, 2.45) is 10.8 Å². The van der Waals surface area contributed by atoms with Gasteiger partial charge in [-0.1, -0.05) is 39.8 Å². The Kier molecular flexibility index (Phi) is 2.70. The van der Waals surface area contributed by atoms with E-state index >= 15 is 0 Å². The van der Waals surface area contributed by atoms with Crippen LogP contribution in [-0.4, -0.2) is 15.2 Å². The molecule has 1 fully saturated rings. The normalized spacial score (nSPS) is 29.9. The molecular formula is C18H26N2O. The van der Waals surface area contributed by atoms with Gasteiger partial charge in [0.15, 0.2) is 0 Å². The number of nitrogens with zero attached hydrogens (tertiary/aromatic N) is 2. The van der Waals surface area contributed by atoms with Crippen molar-refractivity contribution < 1.29 is 4.74 Å². The van der Waals surface area contributed by atoms with Gasteiger partial charge in [-0.25, -0.2) is 4.98 Å². The molecule has 114 valence electrons. The van der Waals surface area contributed by atoms with Crippen LogP contribution in [0.3, 0.4) is 0 Å². The van der Waals surface area contributed by atoms with Crippen LogP contribution >= 0.6 is 0 Å². The largest absolute Gasteiger partial charge is 0.349 e. The summed E-state index contributed by atoms with van der Waals surface area (Å²) in [6, 6.07) is 8.25. The van der Waals surface area contributed by atoms with E-state index in [4.69, 9.17) is 4.74 Å². The summed E-state index contributed by atoms with van der Waals surface area (Å²) in [7, 11) is 0. The second-order valence-electron chi connectivity index (χ2n) is 7.95. The lowest BCUT2D eigenvalue weighted by atomic mass is 9.59. The molecule has 0 radical (unpaired) electrons. The van der Waals surface area contributed by atoms with E-state index in [1.54, 1.807) is 0 Å². The molecule has 3 heteroatoms. The van der Waals surface area contributed by atoms with Crippen LogP contribution in [0.2, 0.25) is 0 Å². The van der Waals surface area contributed by atoms with Gasteiger partial charge >= 0.3 is 0 Å². The standard InChI is InChI=1S/C18H26N2O/c1-15(2)16(3,4)18(7,21-17(15,5)6)20-12-19-13-10-8-9-11-14(13)20/h8-12H,1-7H3. The van der Waals surface area contributed by atoms with Gasteiger partial charge in [-0.2, -0.15) is 0 Å². The van der Waals surface area contributed by atoms with E-state index in [1.807, 2.05) is 18.5 Å². The highest BCUT2D eigenvalue weighted by Gasteiger charge is 2.67. The minimum Gasteiger partial charge on any atom is -0.349 e. The first-order chi connectivity index (χ1) is 9.55. The number of para-hydroxylation sites is 2. The van der Waals surface area contributed by atoms with Gasteiger partial charge in [0.25, 0.3) is 0 Å². The molecule has 1 saturated heterocycles. The molecule has 0 saturated carbocycles. The molecule has 2 heterocycles. The summed E-state index contributed by atoms with van der Waals surface area (Å²) >= 11 is 0. The van der Waals surface area contributed by atoms with Crippen LogP contribution in [0.25, 0.3) is 11.0 Å². The van der Waals surface area contributed by atoms with Crippen molar-refractivity contribution in [2.45, 2.75) is 59.8 Å². The molecule has 1 aromatic heterocycles. The Balaban J connectivity index is 2.26. The predicted molar refractivity (Wildman–Crippen MR) is 86.1 cm³/mol. The highest BCUT2D eigenvalue weighted by Crippen LogP contribution is 2.64. The van der Waals surface area contributed by atoms with Crippen LogP contribution < -0.4 is 0 Å². The zero-order valence-corrected chi connectivity index (χ0v) is 14.2. The summed E-state index contributed by atoms with van der Waals surface area (Å²) < 4.78 is 8.85. The summed E-state index contributed by atoms with van der Waals surface area (Å²) in [6.45, 7) is 15.8. The Labute approximate surface area is 127 Å². The first kappa shape index (κ1) is 14.6. The van der Waals surface area contributed by atoms with E-state index in [0.717, 1.165) is 11.0 Å². The van der Waals surface area contributed by atoms with Crippen molar-refractivity contribution in [1.82, 2.24) is 9.55 Å². The Hall–Kier alpha value is -1.35. The van der Waals surface area contributed by atoms with E-state index < -0.39 is 5.72 Å². The highest BCUT2D eigenvalue weighted by atomic mass is 16.5. The monoisotopic (exact) mass is 286 g/mol. The van der Waals surface area contributed by atoms with Crippen LogP contribution in [-0.2, 0) is 10.5 Å². The van der Waals surface area contributed by atoms with E-state index in [-0.39, 0.29) is 16.4 Å². The number of aromatic nitrogens is 2. The van der Waals surface area contributed by atoms with Gasteiger partial charge in [-0.15, -0.1) is 0 Å². The van der Waals surface area contributed by atoms with Gasteiger partial charge in [0, 0.05) is 10.8 Å². The smallest absolute Gasteiger partial charge is 0.149 e. The van der Waals surface area contributed by atoms with Crippen molar-refractivity contribution >= 4 is 11.0 Å².